The summed E-state index contributed by atoms with van der Waals surface area (Å²) >= 11 is 0. The molecule has 0 saturated carbocycles. The Morgan fingerprint density at radius 2 is 1.65 bits per heavy atom. The first-order chi connectivity index (χ1) is 15.0. The summed E-state index contributed by atoms with van der Waals surface area (Å²) in [6.45, 7) is 0.426. The van der Waals surface area contributed by atoms with Gasteiger partial charge >= 0.3 is 0 Å². The molecule has 1 unspecified atom stereocenters. The Bertz CT molecular complexity index is 1200. The van der Waals surface area contributed by atoms with Gasteiger partial charge in [-0.25, -0.2) is 0 Å². The van der Waals surface area contributed by atoms with Crippen LogP contribution in [-0.2, 0) is 0 Å². The monoisotopic (exact) mass is 414 g/mol. The van der Waals surface area contributed by atoms with Crippen LogP contribution in [0.3, 0.4) is 0 Å². The van der Waals surface area contributed by atoms with Crippen molar-refractivity contribution in [2.24, 2.45) is 0 Å². The maximum absolute atomic E-state index is 13.7. The molecule has 1 heterocycles. The van der Waals surface area contributed by atoms with Gasteiger partial charge in [0.2, 0.25) is 0 Å². The largest absolute Gasteiger partial charge is 0.497 e. The first-order valence-corrected chi connectivity index (χ1v) is 10.2. The van der Waals surface area contributed by atoms with E-state index in [2.05, 4.69) is 0 Å². The fourth-order valence-electron chi connectivity index (χ4n) is 4.00. The molecule has 4 rings (SSSR count). The number of hydrogen-bond acceptors (Lipinski definition) is 4. The maximum Gasteiger partial charge on any atom is 0.262 e. The number of rotatable bonds is 6. The second-order valence-corrected chi connectivity index (χ2v) is 7.80. The average molecular weight is 415 g/mol. The van der Waals surface area contributed by atoms with Gasteiger partial charge in [0, 0.05) is 23.1 Å². The molecule has 0 amide bonds. The van der Waals surface area contributed by atoms with E-state index in [4.69, 9.17) is 4.74 Å². The fraction of sp³-hybridized carbons (Fsp3) is 0.192. The standard InChI is InChI=1S/C26H26N2O3/c1-27(2)17-23(29)24-21-16-20(31-3)14-15-22(21)28(25(24)18-10-6-4-7-11-18)26(30)19-12-8-5-9-13-19/h4-16,23,29H,17H2,1-3H3. The van der Waals surface area contributed by atoms with Crippen LogP contribution in [0.25, 0.3) is 22.2 Å². The van der Waals surface area contributed by atoms with Crippen LogP contribution in [0, 0.1) is 0 Å². The average Bonchev–Trinajstić information content (AvgIpc) is 3.13. The minimum Gasteiger partial charge on any atom is -0.497 e. The smallest absolute Gasteiger partial charge is 0.262 e. The second-order valence-electron chi connectivity index (χ2n) is 7.80. The number of aromatic nitrogens is 1. The lowest BCUT2D eigenvalue weighted by Gasteiger charge is -2.18. The summed E-state index contributed by atoms with van der Waals surface area (Å²) in [5, 5.41) is 12.1. The molecule has 1 atom stereocenters. The van der Waals surface area contributed by atoms with E-state index in [1.54, 1.807) is 11.7 Å². The summed E-state index contributed by atoms with van der Waals surface area (Å²) in [6.07, 6.45) is -0.787. The fourth-order valence-corrected chi connectivity index (χ4v) is 4.00. The lowest BCUT2D eigenvalue weighted by Crippen LogP contribution is -2.21. The van der Waals surface area contributed by atoms with Gasteiger partial charge in [-0.3, -0.25) is 9.36 Å². The summed E-state index contributed by atoms with van der Waals surface area (Å²) in [4.78, 5) is 15.6. The van der Waals surface area contributed by atoms with E-state index in [0.29, 0.717) is 23.6 Å². The van der Waals surface area contributed by atoms with Gasteiger partial charge in [0.15, 0.2) is 0 Å². The molecule has 1 N–H and O–H groups in total. The molecular weight excluding hydrogens is 388 g/mol. The Labute approximate surface area is 182 Å². The van der Waals surface area contributed by atoms with E-state index in [1.807, 2.05) is 97.9 Å². The lowest BCUT2D eigenvalue weighted by atomic mass is 10.00. The Kier molecular flexibility index (Phi) is 5.89. The summed E-state index contributed by atoms with van der Waals surface area (Å²) < 4.78 is 7.17. The minimum atomic E-state index is -0.787. The first kappa shape index (κ1) is 20.8. The van der Waals surface area contributed by atoms with E-state index >= 15 is 0 Å². The highest BCUT2D eigenvalue weighted by molar-refractivity contribution is 6.08. The summed E-state index contributed by atoms with van der Waals surface area (Å²) in [6, 6.07) is 24.6. The molecule has 0 fully saturated rings. The zero-order chi connectivity index (χ0) is 22.0. The Morgan fingerprint density at radius 3 is 2.26 bits per heavy atom. The van der Waals surface area contributed by atoms with E-state index in [0.717, 1.165) is 22.0 Å². The van der Waals surface area contributed by atoms with Crippen LogP contribution in [0.15, 0.2) is 78.9 Å². The van der Waals surface area contributed by atoms with Gasteiger partial charge < -0.3 is 14.7 Å². The van der Waals surface area contributed by atoms with E-state index in [9.17, 15) is 9.90 Å². The predicted octanol–water partition coefficient (Wildman–Crippen LogP) is 4.60. The molecule has 158 valence electrons. The number of fused-ring (bicyclic) bond motifs is 1. The lowest BCUT2D eigenvalue weighted by molar-refractivity contribution is 0.0966. The number of aliphatic hydroxyl groups excluding tert-OH is 1. The van der Waals surface area contributed by atoms with Crippen LogP contribution < -0.4 is 4.74 Å². The minimum absolute atomic E-state index is 0.141. The molecule has 0 aliphatic rings. The molecule has 3 aromatic carbocycles. The van der Waals surface area contributed by atoms with Gasteiger partial charge in [-0.15, -0.1) is 0 Å². The van der Waals surface area contributed by atoms with Gasteiger partial charge in [0.25, 0.3) is 5.91 Å². The molecule has 31 heavy (non-hydrogen) atoms. The van der Waals surface area contributed by atoms with E-state index in [1.165, 1.54) is 0 Å². The third kappa shape index (κ3) is 3.98. The van der Waals surface area contributed by atoms with Crippen molar-refractivity contribution in [1.29, 1.82) is 0 Å². The molecule has 4 aromatic rings. The zero-order valence-electron chi connectivity index (χ0n) is 17.9. The van der Waals surface area contributed by atoms with Crippen LogP contribution in [0.2, 0.25) is 0 Å². The molecule has 5 nitrogen and oxygen atoms in total. The second kappa shape index (κ2) is 8.76. The van der Waals surface area contributed by atoms with Crippen LogP contribution >= 0.6 is 0 Å². The number of ether oxygens (including phenoxy) is 1. The van der Waals surface area contributed by atoms with Crippen molar-refractivity contribution >= 4 is 16.8 Å². The molecule has 0 aliphatic carbocycles. The number of carbonyl (C=O) groups is 1. The number of likely N-dealkylation sites (N-methyl/N-ethyl adjacent to an activating group) is 1. The number of hydrogen-bond donors (Lipinski definition) is 1. The molecule has 0 saturated heterocycles. The van der Waals surface area contributed by atoms with E-state index < -0.39 is 6.10 Å². The highest BCUT2D eigenvalue weighted by Crippen LogP contribution is 2.40. The van der Waals surface area contributed by atoms with Crippen LogP contribution in [0.4, 0.5) is 0 Å². The summed E-state index contributed by atoms with van der Waals surface area (Å²) in [5.74, 6) is 0.535. The molecule has 5 heteroatoms. The van der Waals surface area contributed by atoms with Gasteiger partial charge in [-0.2, -0.15) is 0 Å². The number of nitrogens with zero attached hydrogens (tertiary/aromatic N) is 2. The van der Waals surface area contributed by atoms with Crippen molar-refractivity contribution in [3.63, 3.8) is 0 Å². The van der Waals surface area contributed by atoms with Crippen LogP contribution in [0.5, 0.6) is 5.75 Å². The van der Waals surface area contributed by atoms with Crippen molar-refractivity contribution in [2.45, 2.75) is 6.10 Å². The van der Waals surface area contributed by atoms with Crippen LogP contribution in [-0.4, -0.2) is 48.2 Å². The molecule has 0 bridgehead atoms. The number of benzene rings is 3. The van der Waals surface area contributed by atoms with Gasteiger partial charge in [0.1, 0.15) is 5.75 Å². The topological polar surface area (TPSA) is 54.7 Å². The molecule has 1 aromatic heterocycles. The third-order valence-electron chi connectivity index (χ3n) is 5.36. The highest BCUT2D eigenvalue weighted by atomic mass is 16.5. The van der Waals surface area contributed by atoms with Gasteiger partial charge in [0.05, 0.1) is 24.4 Å². The van der Waals surface area contributed by atoms with Gasteiger partial charge in [-0.1, -0.05) is 48.5 Å². The predicted molar refractivity (Wildman–Crippen MR) is 124 cm³/mol. The third-order valence-corrected chi connectivity index (χ3v) is 5.36. The van der Waals surface area contributed by atoms with Crippen LogP contribution in [0.1, 0.15) is 22.0 Å². The quantitative estimate of drug-likeness (QED) is 0.501. The first-order valence-electron chi connectivity index (χ1n) is 10.2. The summed E-state index contributed by atoms with van der Waals surface area (Å²) in [5.41, 5.74) is 3.61. The van der Waals surface area contributed by atoms with Gasteiger partial charge in [-0.05, 0) is 50.0 Å². The Morgan fingerprint density at radius 1 is 1.00 bits per heavy atom. The van der Waals surface area contributed by atoms with Crippen molar-refractivity contribution in [3.05, 3.63) is 90.0 Å². The molecule has 0 spiro atoms. The summed E-state index contributed by atoms with van der Waals surface area (Å²) in [7, 11) is 5.45. The Balaban J connectivity index is 2.08. The SMILES string of the molecule is COc1ccc2c(c1)c(C(O)CN(C)C)c(-c1ccccc1)n2C(=O)c1ccccc1. The molecule has 0 aliphatic heterocycles. The number of carbonyl (C=O) groups excluding carboxylic acids is 1. The van der Waals surface area contributed by atoms with Crippen molar-refractivity contribution in [2.75, 3.05) is 27.7 Å². The number of methoxy groups -OCH3 is 1. The molecular formula is C26H26N2O3. The Hall–Kier alpha value is -3.41. The highest BCUT2D eigenvalue weighted by Gasteiger charge is 2.27. The van der Waals surface area contributed by atoms with Crippen molar-refractivity contribution in [3.8, 4) is 17.0 Å². The zero-order valence-corrected chi connectivity index (χ0v) is 17.9. The number of aliphatic hydroxyl groups is 1. The molecule has 0 radical (unpaired) electrons. The maximum atomic E-state index is 13.7. The van der Waals surface area contributed by atoms with E-state index in [-0.39, 0.29) is 5.91 Å². The normalized spacial score (nSPS) is 12.3. The van der Waals surface area contributed by atoms with Crippen molar-refractivity contribution in [1.82, 2.24) is 9.47 Å². The van der Waals surface area contributed by atoms with Crippen molar-refractivity contribution < 1.29 is 14.6 Å².